The molecular formula is C63H64N2. The average Bonchev–Trinajstić information content (AvgIpc) is 3.83. The molecule has 7 atom stereocenters. The van der Waals surface area contributed by atoms with E-state index in [1.165, 1.54) is 88.0 Å². The molecule has 2 nitrogen and oxygen atoms in total. The molecule has 0 saturated carbocycles. The maximum atomic E-state index is 2.83. The van der Waals surface area contributed by atoms with E-state index in [9.17, 15) is 0 Å². The van der Waals surface area contributed by atoms with Crippen LogP contribution in [-0.4, -0.2) is 17.0 Å². The van der Waals surface area contributed by atoms with Gasteiger partial charge in [0.1, 0.15) is 0 Å². The molecule has 0 radical (unpaired) electrons. The summed E-state index contributed by atoms with van der Waals surface area (Å²) >= 11 is 0. The molecule has 0 N–H and O–H groups in total. The molecule has 0 aromatic heterocycles. The fourth-order valence-electron chi connectivity index (χ4n) is 14.5. The third-order valence-corrected chi connectivity index (χ3v) is 17.6. The molecule has 7 unspecified atom stereocenters. The minimum absolute atomic E-state index is 0.0849. The van der Waals surface area contributed by atoms with Gasteiger partial charge in [-0.05, 0) is 175 Å². The van der Waals surface area contributed by atoms with E-state index in [1.54, 1.807) is 28.1 Å². The molecule has 0 amide bonds. The van der Waals surface area contributed by atoms with E-state index in [2.05, 4.69) is 175 Å². The highest BCUT2D eigenvalue weighted by atomic mass is 15.2. The molecule has 0 bridgehead atoms. The van der Waals surface area contributed by atoms with Gasteiger partial charge in [-0.1, -0.05) is 147 Å². The molecule has 326 valence electrons. The molecular weight excluding hydrogens is 785 g/mol. The molecule has 2 heteroatoms. The maximum Gasteiger partial charge on any atom is 0.0620 e. The number of hydrogen-bond acceptors (Lipinski definition) is 2. The van der Waals surface area contributed by atoms with E-state index in [1.807, 2.05) is 0 Å². The Morgan fingerprint density at radius 2 is 1.63 bits per heavy atom. The second-order valence-corrected chi connectivity index (χ2v) is 21.3. The van der Waals surface area contributed by atoms with Gasteiger partial charge >= 0.3 is 0 Å². The lowest BCUT2D eigenvalue weighted by molar-refractivity contribution is 0.342. The quantitative estimate of drug-likeness (QED) is 0.267. The number of anilines is 1. The summed E-state index contributed by atoms with van der Waals surface area (Å²) in [5.74, 6) is 2.52. The largest absolute Gasteiger partial charge is 0.341 e. The van der Waals surface area contributed by atoms with Crippen LogP contribution in [0.5, 0.6) is 0 Å². The zero-order valence-electron chi connectivity index (χ0n) is 38.6. The van der Waals surface area contributed by atoms with Crippen molar-refractivity contribution in [2.75, 3.05) is 4.90 Å². The predicted octanol–water partition coefficient (Wildman–Crippen LogP) is 15.2. The zero-order chi connectivity index (χ0) is 43.2. The van der Waals surface area contributed by atoms with Crippen molar-refractivity contribution < 1.29 is 0 Å². The molecule has 13 rings (SSSR count). The van der Waals surface area contributed by atoms with E-state index >= 15 is 0 Å². The van der Waals surface area contributed by atoms with Crippen molar-refractivity contribution in [3.8, 4) is 0 Å². The minimum atomic E-state index is 0.0849. The van der Waals surface area contributed by atoms with Gasteiger partial charge in [0.05, 0.1) is 12.1 Å². The Morgan fingerprint density at radius 1 is 0.708 bits per heavy atom. The van der Waals surface area contributed by atoms with Gasteiger partial charge in [-0.3, -0.25) is 0 Å². The van der Waals surface area contributed by atoms with Crippen molar-refractivity contribution in [1.29, 1.82) is 0 Å². The standard InChI is InChI=1S/C63H64N2/c1-63(2)58-24-11-9-22-54(58)55-36-35-49(40-59(55)63)64(47-33-28-43(29-34-47)57-39-45-15-4-5-18-50(45)52-20-7-8-21-53(52)57)46-31-26-41(27-32-46)44-16-13-17-48(38-44)65-60-25-12-10-23-56(60)62-51-19-6-3-14-42(51)30-37-61(62)65/h4-5,9-12,14-16,18,20-23,25-26,28-29,31-33,35-36,38,40-41,47,51,56-58,60H,3,6-8,13,17,19,24,27,30,34,37,39H2,1-2H3. The van der Waals surface area contributed by atoms with Gasteiger partial charge < -0.3 is 9.80 Å². The Bertz CT molecular complexity index is 2820. The first kappa shape index (κ1) is 39.7. The summed E-state index contributed by atoms with van der Waals surface area (Å²) in [6.45, 7) is 4.96. The van der Waals surface area contributed by atoms with Crippen LogP contribution >= 0.6 is 0 Å². The summed E-state index contributed by atoms with van der Waals surface area (Å²) in [5.41, 5.74) is 22.9. The number of hydrogen-bond donors (Lipinski definition) is 0. The molecule has 1 heterocycles. The lowest BCUT2D eigenvalue weighted by atomic mass is 9.70. The van der Waals surface area contributed by atoms with E-state index in [0.717, 1.165) is 51.4 Å². The number of allylic oxidation sites excluding steroid dienone is 22. The van der Waals surface area contributed by atoms with Crippen LogP contribution in [0.4, 0.5) is 5.69 Å². The summed E-state index contributed by atoms with van der Waals surface area (Å²) < 4.78 is 0. The number of rotatable bonds is 6. The van der Waals surface area contributed by atoms with Gasteiger partial charge in [0.25, 0.3) is 0 Å². The molecule has 2 aromatic carbocycles. The Labute approximate surface area is 388 Å². The predicted molar refractivity (Wildman–Crippen MR) is 272 cm³/mol. The highest BCUT2D eigenvalue weighted by molar-refractivity contribution is 5.85. The minimum Gasteiger partial charge on any atom is -0.341 e. The van der Waals surface area contributed by atoms with Crippen LogP contribution in [0.2, 0.25) is 0 Å². The van der Waals surface area contributed by atoms with Gasteiger partial charge in [-0.2, -0.15) is 0 Å². The Balaban J connectivity index is 0.808. The first-order valence-corrected chi connectivity index (χ1v) is 25.5. The summed E-state index contributed by atoms with van der Waals surface area (Å²) in [6.07, 6.45) is 59.9. The molecule has 0 saturated heterocycles. The van der Waals surface area contributed by atoms with Gasteiger partial charge in [0.2, 0.25) is 0 Å². The number of benzene rings is 2. The number of nitrogens with zero attached hydrogens (tertiary/aromatic N) is 2. The summed E-state index contributed by atoms with van der Waals surface area (Å²) in [5, 5.41) is 0. The van der Waals surface area contributed by atoms with Crippen LogP contribution < -0.4 is 4.90 Å². The molecule has 65 heavy (non-hydrogen) atoms. The third-order valence-electron chi connectivity index (χ3n) is 17.6. The SMILES string of the molecule is CC1(C)c2cc(N(C3=CCC(C4=CCCC(N5C6=C(C7CCCC=C7CC6)C6C=CC=CC65)=C4)C=C3)C3C=CC(C4Cc5ccccc5C5=CCCC=C54)=CC3)ccc2C2=CC=CCC21. The zero-order valence-corrected chi connectivity index (χ0v) is 38.6. The van der Waals surface area contributed by atoms with E-state index < -0.39 is 0 Å². The smallest absolute Gasteiger partial charge is 0.0620 e. The Morgan fingerprint density at radius 3 is 2.54 bits per heavy atom. The van der Waals surface area contributed by atoms with Crippen LogP contribution in [-0.2, 0) is 11.8 Å². The van der Waals surface area contributed by atoms with Crippen LogP contribution in [0.1, 0.15) is 113 Å². The van der Waals surface area contributed by atoms with Crippen LogP contribution in [0.25, 0.3) is 11.1 Å². The number of fused-ring (bicyclic) bond motifs is 10. The van der Waals surface area contributed by atoms with Gasteiger partial charge in [-0.15, -0.1) is 0 Å². The highest BCUT2D eigenvalue weighted by Gasteiger charge is 2.46. The van der Waals surface area contributed by atoms with Gasteiger partial charge in [-0.25, -0.2) is 0 Å². The molecule has 10 aliphatic carbocycles. The maximum absolute atomic E-state index is 2.83. The van der Waals surface area contributed by atoms with Crippen LogP contribution in [0.15, 0.2) is 197 Å². The molecule has 2 aromatic rings. The fourth-order valence-corrected chi connectivity index (χ4v) is 14.5. The molecule has 11 aliphatic rings. The highest BCUT2D eigenvalue weighted by Crippen LogP contribution is 2.56. The Hall–Kier alpha value is -5.60. The van der Waals surface area contributed by atoms with Crippen molar-refractivity contribution in [1.82, 2.24) is 4.90 Å². The van der Waals surface area contributed by atoms with E-state index in [-0.39, 0.29) is 11.5 Å². The van der Waals surface area contributed by atoms with Crippen molar-refractivity contribution in [2.45, 2.75) is 115 Å². The monoisotopic (exact) mass is 849 g/mol. The topological polar surface area (TPSA) is 6.48 Å². The average molecular weight is 849 g/mol. The van der Waals surface area contributed by atoms with Gasteiger partial charge in [0, 0.05) is 46.5 Å². The van der Waals surface area contributed by atoms with Crippen LogP contribution in [0, 0.1) is 29.6 Å². The van der Waals surface area contributed by atoms with Gasteiger partial charge in [0.15, 0.2) is 0 Å². The normalized spacial score (nSPS) is 31.0. The fraction of sp³-hybridized carbons (Fsp3) is 0.365. The summed E-state index contributed by atoms with van der Waals surface area (Å²) in [6, 6.07) is 17.3. The Kier molecular flexibility index (Phi) is 9.65. The third kappa shape index (κ3) is 6.47. The van der Waals surface area contributed by atoms with E-state index in [4.69, 9.17) is 0 Å². The van der Waals surface area contributed by atoms with Crippen molar-refractivity contribution >= 4 is 16.8 Å². The molecule has 1 aliphatic heterocycles. The van der Waals surface area contributed by atoms with Crippen LogP contribution in [0.3, 0.4) is 0 Å². The summed E-state index contributed by atoms with van der Waals surface area (Å²) in [7, 11) is 0. The van der Waals surface area contributed by atoms with Crippen molar-refractivity contribution in [3.63, 3.8) is 0 Å². The molecule has 0 fully saturated rings. The first-order valence-electron chi connectivity index (χ1n) is 25.5. The van der Waals surface area contributed by atoms with Crippen molar-refractivity contribution in [2.24, 2.45) is 29.6 Å². The second-order valence-electron chi connectivity index (χ2n) is 21.3. The van der Waals surface area contributed by atoms with E-state index in [0.29, 0.717) is 35.6 Å². The first-order chi connectivity index (χ1) is 32.0. The van der Waals surface area contributed by atoms with Crippen molar-refractivity contribution in [3.05, 3.63) is 219 Å². The molecule has 0 spiro atoms. The lowest BCUT2D eigenvalue weighted by Gasteiger charge is -2.38. The lowest BCUT2D eigenvalue weighted by Crippen LogP contribution is -2.35. The summed E-state index contributed by atoms with van der Waals surface area (Å²) in [4.78, 5) is 5.52. The second kappa shape index (κ2) is 15.8.